The van der Waals surface area contributed by atoms with E-state index >= 15 is 0 Å². The van der Waals surface area contributed by atoms with Gasteiger partial charge in [-0.05, 0) is 0 Å². The molecule has 1 amide bonds. The van der Waals surface area contributed by atoms with E-state index in [2.05, 4.69) is 48.4 Å². The zero-order valence-corrected chi connectivity index (χ0v) is 8.25. The van der Waals surface area contributed by atoms with Crippen molar-refractivity contribution in [3.63, 3.8) is 0 Å². The number of nitrogens with zero attached hydrogens (tertiary/aromatic N) is 1. The molecule has 0 fully saturated rings. The fourth-order valence-corrected chi connectivity index (χ4v) is 0. The molecule has 0 saturated carbocycles. The quantitative estimate of drug-likeness (QED) is 0.627. The summed E-state index contributed by atoms with van der Waals surface area (Å²) in [5.41, 5.74) is 0. The summed E-state index contributed by atoms with van der Waals surface area (Å²) in [6, 6.07) is 0. The van der Waals surface area contributed by atoms with E-state index in [-0.39, 0.29) is 7.47 Å². The van der Waals surface area contributed by atoms with Gasteiger partial charge in [0.25, 0.3) is 48.4 Å². The highest BCUT2D eigenvalue weighted by molar-refractivity contribution is 9.27. The predicted octanol–water partition coefficient (Wildman–Crippen LogP) is 2.28. The van der Waals surface area contributed by atoms with Crippen LogP contribution in [0.15, 0.2) is 0 Å². The molecular formula is C2H3Br3NO+. The second-order valence-corrected chi connectivity index (χ2v) is 7.01. The minimum atomic E-state index is -0.146. The van der Waals surface area contributed by atoms with Crippen LogP contribution in [-0.4, -0.2) is 7.47 Å². The van der Waals surface area contributed by atoms with Crippen LogP contribution in [0, 0.1) is 0 Å². The molecule has 0 unspecified atom stereocenters. The standard InChI is InChI=1S/C2H3Br3NO/c1-2(7)6(3,4)5/h1H3/q+1. The van der Waals surface area contributed by atoms with Crippen LogP contribution in [0.25, 0.3) is 0 Å². The first-order valence-corrected chi connectivity index (χ1v) is 3.56. The summed E-state index contributed by atoms with van der Waals surface area (Å²) in [5.74, 6) is -0.0694. The fourth-order valence-electron chi connectivity index (χ4n) is 0. The van der Waals surface area contributed by atoms with Gasteiger partial charge in [-0.25, -0.2) is 4.79 Å². The highest BCUT2D eigenvalue weighted by Crippen LogP contribution is 2.28. The van der Waals surface area contributed by atoms with Gasteiger partial charge >= 0.3 is 5.91 Å². The van der Waals surface area contributed by atoms with E-state index in [0.717, 1.165) is 0 Å². The average molecular weight is 297 g/mol. The van der Waals surface area contributed by atoms with E-state index in [9.17, 15) is 4.79 Å². The molecular weight excluding hydrogens is 294 g/mol. The summed E-state index contributed by atoms with van der Waals surface area (Å²) in [7, 11) is 0. The van der Waals surface area contributed by atoms with Crippen molar-refractivity contribution in [2.24, 2.45) is 0 Å². The van der Waals surface area contributed by atoms with Crippen molar-refractivity contribution in [1.82, 2.24) is 0 Å². The Morgan fingerprint density at radius 2 is 1.57 bits per heavy atom. The van der Waals surface area contributed by atoms with Crippen LogP contribution in [0.4, 0.5) is 0 Å². The molecule has 0 rings (SSSR count). The van der Waals surface area contributed by atoms with Crippen LogP contribution in [0.1, 0.15) is 6.92 Å². The summed E-state index contributed by atoms with van der Waals surface area (Å²) >= 11 is 8.89. The Morgan fingerprint density at radius 3 is 1.57 bits per heavy atom. The van der Waals surface area contributed by atoms with Crippen molar-refractivity contribution >= 4 is 54.3 Å². The fraction of sp³-hybridized carbons (Fsp3) is 0.500. The number of carbonyl (C=O) groups is 1. The first-order valence-electron chi connectivity index (χ1n) is 1.43. The molecule has 0 spiro atoms. The maximum atomic E-state index is 10.3. The number of amides is 1. The summed E-state index contributed by atoms with van der Waals surface area (Å²) < 4.78 is -0.146. The Bertz CT molecular complexity index is 85.4. The van der Waals surface area contributed by atoms with Crippen LogP contribution in [0.5, 0.6) is 0 Å². The first kappa shape index (κ1) is 8.07. The molecule has 0 radical (unpaired) electrons. The predicted molar refractivity (Wildman–Crippen MR) is 37.7 cm³/mol. The summed E-state index contributed by atoms with van der Waals surface area (Å²) in [4.78, 5) is 10.3. The van der Waals surface area contributed by atoms with E-state index in [0.29, 0.717) is 0 Å². The van der Waals surface area contributed by atoms with Gasteiger partial charge in [-0.2, -0.15) is 0 Å². The summed E-state index contributed by atoms with van der Waals surface area (Å²) in [6.07, 6.45) is 0. The zero-order chi connectivity index (χ0) is 6.08. The van der Waals surface area contributed by atoms with E-state index in [1.165, 1.54) is 6.92 Å². The van der Waals surface area contributed by atoms with Crippen LogP contribution >= 0.6 is 48.4 Å². The van der Waals surface area contributed by atoms with Gasteiger partial charge in [-0.3, -0.25) is 0 Å². The van der Waals surface area contributed by atoms with Crippen molar-refractivity contribution in [3.05, 3.63) is 0 Å². The highest BCUT2D eigenvalue weighted by atomic mass is 80.0. The topological polar surface area (TPSA) is 17.1 Å². The Labute approximate surface area is 67.5 Å². The molecule has 0 aliphatic heterocycles. The van der Waals surface area contributed by atoms with Crippen molar-refractivity contribution < 1.29 is 6.36 Å². The lowest BCUT2D eigenvalue weighted by Gasteiger charge is -2.01. The third-order valence-corrected chi connectivity index (χ3v) is 1.86. The molecule has 0 aromatic rings. The lowest BCUT2D eigenvalue weighted by Crippen LogP contribution is -2.16. The number of halogens is 3. The molecule has 2 nitrogen and oxygen atoms in total. The zero-order valence-electron chi connectivity index (χ0n) is 3.49. The number of hydrogen-bond acceptors (Lipinski definition) is 1. The van der Waals surface area contributed by atoms with Crippen molar-refractivity contribution in [1.29, 1.82) is 0 Å². The molecule has 0 N–H and O–H groups in total. The van der Waals surface area contributed by atoms with E-state index < -0.39 is 0 Å². The third kappa shape index (κ3) is 3.64. The number of rotatable bonds is 0. The van der Waals surface area contributed by atoms with Crippen LogP contribution < -0.4 is 0 Å². The van der Waals surface area contributed by atoms with Gasteiger partial charge in [0.05, 0.1) is 6.92 Å². The number of quaternary nitrogens is 1. The summed E-state index contributed by atoms with van der Waals surface area (Å²) in [5, 5.41) is 0. The molecule has 0 bridgehead atoms. The SMILES string of the molecule is CC(=O)[N+](Br)(Br)Br. The van der Waals surface area contributed by atoms with Gasteiger partial charge in [0.1, 0.15) is 0 Å². The Kier molecular flexibility index (Phi) is 2.96. The van der Waals surface area contributed by atoms with Gasteiger partial charge < -0.3 is 0 Å². The second kappa shape index (κ2) is 2.57. The molecule has 0 atom stereocenters. The Hall–Kier alpha value is 1.07. The minimum Gasteiger partial charge on any atom is -0.228 e. The maximum absolute atomic E-state index is 10.3. The molecule has 5 heteroatoms. The first-order chi connectivity index (χ1) is 2.94. The van der Waals surface area contributed by atoms with Crippen molar-refractivity contribution in [3.8, 4) is 0 Å². The van der Waals surface area contributed by atoms with Gasteiger partial charge in [-0.1, -0.05) is 1.56 Å². The van der Waals surface area contributed by atoms with Gasteiger partial charge in [0, 0.05) is 0 Å². The normalized spacial score (nSPS) is 11.4. The lowest BCUT2D eigenvalue weighted by molar-refractivity contribution is -0.344. The van der Waals surface area contributed by atoms with E-state index in [1.807, 2.05) is 0 Å². The second-order valence-electron chi connectivity index (χ2n) is 0.964. The van der Waals surface area contributed by atoms with Crippen molar-refractivity contribution in [2.45, 2.75) is 6.92 Å². The Balaban J connectivity index is 3.79. The highest BCUT2D eigenvalue weighted by Gasteiger charge is 2.25. The van der Waals surface area contributed by atoms with Crippen LogP contribution in [0.3, 0.4) is 0 Å². The lowest BCUT2D eigenvalue weighted by atomic mass is 10.8. The van der Waals surface area contributed by atoms with Crippen molar-refractivity contribution in [2.75, 3.05) is 0 Å². The van der Waals surface area contributed by atoms with Gasteiger partial charge in [0.2, 0.25) is 0 Å². The van der Waals surface area contributed by atoms with Crippen LogP contribution in [0.2, 0.25) is 0 Å². The monoisotopic (exact) mass is 294 g/mol. The Morgan fingerprint density at radius 1 is 1.43 bits per heavy atom. The van der Waals surface area contributed by atoms with Gasteiger partial charge in [0.15, 0.2) is 0 Å². The molecule has 0 heterocycles. The molecule has 7 heavy (non-hydrogen) atoms. The average Bonchev–Trinajstić information content (AvgIpc) is 1.31. The van der Waals surface area contributed by atoms with E-state index in [4.69, 9.17) is 0 Å². The maximum Gasteiger partial charge on any atom is 0.341 e. The largest absolute Gasteiger partial charge is 0.341 e. The van der Waals surface area contributed by atoms with Gasteiger partial charge in [-0.15, -0.1) is 0 Å². The molecule has 0 saturated heterocycles. The minimum absolute atomic E-state index is 0.0694. The van der Waals surface area contributed by atoms with Crippen LogP contribution in [-0.2, 0) is 4.79 Å². The third-order valence-electron chi connectivity index (χ3n) is 0.357. The molecule has 42 valence electrons. The smallest absolute Gasteiger partial charge is 0.228 e. The number of hydrogen-bond donors (Lipinski definition) is 0. The van der Waals surface area contributed by atoms with E-state index in [1.54, 1.807) is 0 Å². The number of carbonyl (C=O) groups excluding carboxylic acids is 1. The molecule has 0 aromatic heterocycles. The summed E-state index contributed by atoms with van der Waals surface area (Å²) in [6.45, 7) is 1.44. The molecule has 0 aliphatic carbocycles. The molecule has 0 aromatic carbocycles. The molecule has 0 aliphatic rings.